The van der Waals surface area contributed by atoms with Gasteiger partial charge in [-0.25, -0.2) is 0 Å². The van der Waals surface area contributed by atoms with Crippen LogP contribution in [-0.4, -0.2) is 23.7 Å². The molecule has 1 atom stereocenters. The quantitative estimate of drug-likeness (QED) is 0.742. The van der Waals surface area contributed by atoms with Crippen LogP contribution in [0, 0.1) is 5.92 Å². The summed E-state index contributed by atoms with van der Waals surface area (Å²) >= 11 is 0. The molecule has 0 N–H and O–H groups in total. The standard InChI is InChI=1S/C17H24N2/c1-6-19(7-2)17-13(5)16(12(3)4)18-15-11-9-8-10-14(15)17/h8-11,14H,6-7H2,1-5H3. The third-order valence-corrected chi connectivity index (χ3v) is 3.85. The van der Waals surface area contributed by atoms with Gasteiger partial charge in [0.05, 0.1) is 17.3 Å². The van der Waals surface area contributed by atoms with Gasteiger partial charge < -0.3 is 4.90 Å². The Kier molecular flexibility index (Phi) is 4.08. The minimum absolute atomic E-state index is 0.327. The Bertz CT molecular complexity index is 507. The number of dihydropyridines is 1. The first kappa shape index (κ1) is 13.9. The molecule has 19 heavy (non-hydrogen) atoms. The number of hydrogen-bond acceptors (Lipinski definition) is 2. The van der Waals surface area contributed by atoms with Crippen molar-refractivity contribution in [3.8, 4) is 0 Å². The molecule has 102 valence electrons. The summed E-state index contributed by atoms with van der Waals surface area (Å²) < 4.78 is 0. The molecule has 0 aromatic heterocycles. The lowest BCUT2D eigenvalue weighted by atomic mass is 9.87. The highest BCUT2D eigenvalue weighted by atomic mass is 15.1. The van der Waals surface area contributed by atoms with Crippen LogP contribution in [0.2, 0.25) is 0 Å². The molecule has 0 saturated carbocycles. The highest BCUT2D eigenvalue weighted by Crippen LogP contribution is 2.35. The summed E-state index contributed by atoms with van der Waals surface area (Å²) in [7, 11) is 0. The number of nitrogens with zero attached hydrogens (tertiary/aromatic N) is 2. The van der Waals surface area contributed by atoms with E-state index < -0.39 is 0 Å². The van der Waals surface area contributed by atoms with Crippen molar-refractivity contribution in [2.75, 3.05) is 13.1 Å². The summed E-state index contributed by atoms with van der Waals surface area (Å²) in [5.41, 5.74) is 6.37. The minimum atomic E-state index is 0.327. The van der Waals surface area contributed by atoms with Crippen molar-refractivity contribution >= 4 is 5.71 Å². The average Bonchev–Trinajstić information content (AvgIpc) is 2.41. The smallest absolute Gasteiger partial charge is 0.0666 e. The largest absolute Gasteiger partial charge is 0.374 e. The monoisotopic (exact) mass is 256 g/mol. The maximum absolute atomic E-state index is 4.86. The molecule has 0 saturated heterocycles. The van der Waals surface area contributed by atoms with E-state index in [1.54, 1.807) is 0 Å². The summed E-state index contributed by atoms with van der Waals surface area (Å²) in [6.07, 6.45) is 8.62. The average molecular weight is 256 g/mol. The molecule has 2 aliphatic rings. The Balaban J connectivity index is 2.58. The highest BCUT2D eigenvalue weighted by molar-refractivity contribution is 6.03. The molecule has 2 heteroatoms. The summed E-state index contributed by atoms with van der Waals surface area (Å²) in [5, 5.41) is 0. The SMILES string of the molecule is CCN(CC)C1=C(C)C(=C(C)C)N=C2C=CC=CC21. The summed E-state index contributed by atoms with van der Waals surface area (Å²) in [6.45, 7) is 13.0. The van der Waals surface area contributed by atoms with Crippen molar-refractivity contribution in [2.24, 2.45) is 10.9 Å². The second-order valence-corrected chi connectivity index (χ2v) is 5.29. The van der Waals surface area contributed by atoms with Crippen LogP contribution < -0.4 is 0 Å². The van der Waals surface area contributed by atoms with Gasteiger partial charge in [0.2, 0.25) is 0 Å². The predicted octanol–water partition coefficient (Wildman–Crippen LogP) is 4.09. The van der Waals surface area contributed by atoms with Gasteiger partial charge in [-0.1, -0.05) is 23.8 Å². The highest BCUT2D eigenvalue weighted by Gasteiger charge is 2.29. The van der Waals surface area contributed by atoms with Gasteiger partial charge in [0.25, 0.3) is 0 Å². The van der Waals surface area contributed by atoms with E-state index in [9.17, 15) is 0 Å². The van der Waals surface area contributed by atoms with Crippen LogP contribution in [0.4, 0.5) is 0 Å². The summed E-state index contributed by atoms with van der Waals surface area (Å²) in [5.74, 6) is 0.327. The van der Waals surface area contributed by atoms with E-state index in [4.69, 9.17) is 4.99 Å². The van der Waals surface area contributed by atoms with Gasteiger partial charge in [0.1, 0.15) is 0 Å². The van der Waals surface area contributed by atoms with Crippen molar-refractivity contribution in [2.45, 2.75) is 34.6 Å². The molecule has 0 aromatic carbocycles. The van der Waals surface area contributed by atoms with E-state index in [2.05, 4.69) is 63.8 Å². The maximum atomic E-state index is 4.86. The van der Waals surface area contributed by atoms with Crippen LogP contribution in [0.5, 0.6) is 0 Å². The van der Waals surface area contributed by atoms with E-state index in [-0.39, 0.29) is 0 Å². The lowest BCUT2D eigenvalue weighted by molar-refractivity contribution is 0.359. The number of fused-ring (bicyclic) bond motifs is 1. The van der Waals surface area contributed by atoms with Crippen LogP contribution in [-0.2, 0) is 0 Å². The molecule has 0 amide bonds. The molecule has 1 heterocycles. The first-order valence-electron chi connectivity index (χ1n) is 7.17. The molecular weight excluding hydrogens is 232 g/mol. The molecule has 1 aliphatic carbocycles. The molecule has 0 radical (unpaired) electrons. The van der Waals surface area contributed by atoms with Gasteiger partial charge in [-0.2, -0.15) is 0 Å². The predicted molar refractivity (Wildman–Crippen MR) is 83.2 cm³/mol. The summed E-state index contributed by atoms with van der Waals surface area (Å²) in [6, 6.07) is 0. The van der Waals surface area contributed by atoms with Gasteiger partial charge in [-0.15, -0.1) is 0 Å². The lowest BCUT2D eigenvalue weighted by Gasteiger charge is -2.35. The number of aliphatic imine (C=N–C) groups is 1. The molecule has 1 aliphatic heterocycles. The van der Waals surface area contributed by atoms with Gasteiger partial charge in [0, 0.05) is 18.8 Å². The summed E-state index contributed by atoms with van der Waals surface area (Å²) in [4.78, 5) is 7.32. The Morgan fingerprint density at radius 1 is 1.21 bits per heavy atom. The van der Waals surface area contributed by atoms with Crippen molar-refractivity contribution in [1.29, 1.82) is 0 Å². The van der Waals surface area contributed by atoms with E-state index >= 15 is 0 Å². The Morgan fingerprint density at radius 2 is 1.89 bits per heavy atom. The van der Waals surface area contributed by atoms with Gasteiger partial charge in [-0.05, 0) is 46.3 Å². The molecule has 0 aromatic rings. The normalized spacial score (nSPS) is 21.4. The first-order chi connectivity index (χ1) is 9.10. The number of rotatable bonds is 3. The zero-order chi connectivity index (χ0) is 14.0. The maximum Gasteiger partial charge on any atom is 0.0666 e. The minimum Gasteiger partial charge on any atom is -0.374 e. The van der Waals surface area contributed by atoms with E-state index in [1.807, 2.05) is 0 Å². The lowest BCUT2D eigenvalue weighted by Crippen LogP contribution is -2.33. The fourth-order valence-corrected chi connectivity index (χ4v) is 2.92. The zero-order valence-corrected chi connectivity index (χ0v) is 12.7. The second-order valence-electron chi connectivity index (χ2n) is 5.29. The van der Waals surface area contributed by atoms with Crippen LogP contribution in [0.3, 0.4) is 0 Å². The van der Waals surface area contributed by atoms with Gasteiger partial charge >= 0.3 is 0 Å². The Morgan fingerprint density at radius 3 is 2.47 bits per heavy atom. The molecule has 0 bridgehead atoms. The number of hydrogen-bond donors (Lipinski definition) is 0. The van der Waals surface area contributed by atoms with Gasteiger partial charge in [0.15, 0.2) is 0 Å². The van der Waals surface area contributed by atoms with Crippen molar-refractivity contribution in [3.63, 3.8) is 0 Å². The third-order valence-electron chi connectivity index (χ3n) is 3.85. The van der Waals surface area contributed by atoms with Crippen molar-refractivity contribution in [3.05, 3.63) is 46.8 Å². The molecule has 2 nitrogen and oxygen atoms in total. The van der Waals surface area contributed by atoms with Crippen LogP contribution in [0.1, 0.15) is 34.6 Å². The molecule has 2 rings (SSSR count). The van der Waals surface area contributed by atoms with Crippen LogP contribution in [0.15, 0.2) is 51.8 Å². The molecule has 0 spiro atoms. The second kappa shape index (κ2) is 5.60. The zero-order valence-electron chi connectivity index (χ0n) is 12.7. The third kappa shape index (κ3) is 2.44. The van der Waals surface area contributed by atoms with Gasteiger partial charge in [-0.3, -0.25) is 4.99 Å². The topological polar surface area (TPSA) is 15.6 Å². The Hall–Kier alpha value is -1.57. The fraction of sp³-hybridized carbons (Fsp3) is 0.471. The van der Waals surface area contributed by atoms with E-state index in [0.29, 0.717) is 5.92 Å². The number of allylic oxidation sites excluding steroid dienone is 6. The van der Waals surface area contributed by atoms with Crippen molar-refractivity contribution in [1.82, 2.24) is 4.90 Å². The first-order valence-corrected chi connectivity index (χ1v) is 7.17. The molecule has 0 fully saturated rings. The fourth-order valence-electron chi connectivity index (χ4n) is 2.92. The van der Waals surface area contributed by atoms with Crippen LogP contribution in [0.25, 0.3) is 0 Å². The molecule has 1 unspecified atom stereocenters. The van der Waals surface area contributed by atoms with E-state index in [1.165, 1.54) is 22.6 Å². The Labute approximate surface area is 116 Å². The van der Waals surface area contributed by atoms with Crippen LogP contribution >= 0.6 is 0 Å². The molecular formula is C17H24N2. The van der Waals surface area contributed by atoms with E-state index in [0.717, 1.165) is 18.8 Å². The van der Waals surface area contributed by atoms with Crippen molar-refractivity contribution < 1.29 is 0 Å².